The third-order valence-electron chi connectivity index (χ3n) is 8.88. The van der Waals surface area contributed by atoms with Crippen LogP contribution in [-0.4, -0.2) is 98.2 Å². The number of aliphatic hydroxyl groups excluding tert-OH is 3. The number of primary amides is 1. The summed E-state index contributed by atoms with van der Waals surface area (Å²) in [4.78, 5) is 42.8. The summed E-state index contributed by atoms with van der Waals surface area (Å²) in [5.41, 5.74) is 2.62. The van der Waals surface area contributed by atoms with Crippen molar-refractivity contribution in [3.8, 4) is 5.75 Å². The average Bonchev–Trinajstić information content (AvgIpc) is 2.86. The van der Waals surface area contributed by atoms with Crippen molar-refractivity contribution in [2.24, 2.45) is 17.6 Å². The number of aliphatic hydroxyl groups is 4. The number of fused-ring (bicyclic) bond motifs is 3. The number of Topliss-reactive ketones (excluding diaryl/α,β-unsaturated/α-hetero) is 2. The second kappa shape index (κ2) is 9.74. The summed E-state index contributed by atoms with van der Waals surface area (Å²) in [5, 5.41) is 55.9. The maximum atomic E-state index is 13.9. The number of likely N-dealkylation sites (tertiary alicyclic amines) is 1. The van der Waals surface area contributed by atoms with E-state index in [-0.39, 0.29) is 29.7 Å². The van der Waals surface area contributed by atoms with Gasteiger partial charge in [0.2, 0.25) is 5.78 Å². The molecule has 1 aliphatic heterocycles. The molecule has 3 aliphatic carbocycles. The van der Waals surface area contributed by atoms with Crippen LogP contribution in [-0.2, 0) is 20.8 Å². The van der Waals surface area contributed by atoms with Crippen LogP contribution in [0.25, 0.3) is 5.76 Å². The van der Waals surface area contributed by atoms with E-state index in [2.05, 4.69) is 4.90 Å². The van der Waals surface area contributed by atoms with Crippen LogP contribution in [0.2, 0.25) is 0 Å². The van der Waals surface area contributed by atoms with Gasteiger partial charge in [-0.25, -0.2) is 0 Å². The number of hydrogen-bond donors (Lipinski definition) is 6. The van der Waals surface area contributed by atoms with Gasteiger partial charge in [-0.15, -0.1) is 0 Å². The smallest absolute Gasteiger partial charge is 0.255 e. The SMILES string of the molecule is CN(C)[C@@H]1C(=O)C(C(N)=O)=C(O)[C@@]2(O)C(=O)C3=C(O)c4c(O)ccc(C(O)CN5CCCCC5)c4C[C@H]3C[C@@H]12. The van der Waals surface area contributed by atoms with E-state index in [1.54, 1.807) is 20.2 Å². The molecular formula is C28H35N3O8. The molecule has 0 radical (unpaired) electrons. The molecule has 39 heavy (non-hydrogen) atoms. The Kier molecular flexibility index (Phi) is 6.82. The molecule has 5 atom stereocenters. The zero-order chi connectivity index (χ0) is 28.4. The van der Waals surface area contributed by atoms with E-state index in [1.165, 1.54) is 11.0 Å². The highest BCUT2D eigenvalue weighted by Gasteiger charge is 2.64. The molecule has 4 aliphatic rings. The van der Waals surface area contributed by atoms with E-state index in [1.807, 2.05) is 0 Å². The lowest BCUT2D eigenvalue weighted by Crippen LogP contribution is -2.65. The Hall–Kier alpha value is -3.25. The fourth-order valence-corrected chi connectivity index (χ4v) is 7.07. The number of aromatic hydroxyl groups is 1. The fourth-order valence-electron chi connectivity index (χ4n) is 7.07. The predicted octanol–water partition coefficient (Wildman–Crippen LogP) is 0.483. The number of benzene rings is 1. The zero-order valence-corrected chi connectivity index (χ0v) is 22.1. The van der Waals surface area contributed by atoms with Gasteiger partial charge in [0.05, 0.1) is 17.7 Å². The minimum atomic E-state index is -2.68. The Morgan fingerprint density at radius 1 is 1.15 bits per heavy atom. The lowest BCUT2D eigenvalue weighted by Gasteiger charge is -2.50. The first kappa shape index (κ1) is 27.3. The number of carbonyl (C=O) groups excluding carboxylic acids is 3. The number of likely N-dealkylation sites (N-methyl/N-ethyl adjacent to an activating group) is 1. The minimum Gasteiger partial charge on any atom is -0.508 e. The molecular weight excluding hydrogens is 506 g/mol. The number of hydrogen-bond acceptors (Lipinski definition) is 10. The van der Waals surface area contributed by atoms with Crippen molar-refractivity contribution < 1.29 is 39.9 Å². The molecule has 0 aromatic heterocycles. The second-order valence-electron chi connectivity index (χ2n) is 11.4. The number of phenolic OH excluding ortho intramolecular Hbond substituents is 1. The Balaban J connectivity index is 1.62. The molecule has 5 rings (SSSR count). The van der Waals surface area contributed by atoms with E-state index in [9.17, 15) is 39.9 Å². The third kappa shape index (κ3) is 4.07. The van der Waals surface area contributed by atoms with Gasteiger partial charge in [-0.3, -0.25) is 19.3 Å². The molecule has 1 amide bonds. The number of amides is 1. The number of piperidine rings is 1. The van der Waals surface area contributed by atoms with Crippen LogP contribution in [0.15, 0.2) is 29.0 Å². The maximum Gasteiger partial charge on any atom is 0.255 e. The van der Waals surface area contributed by atoms with Gasteiger partial charge in [0.25, 0.3) is 5.91 Å². The van der Waals surface area contributed by atoms with Gasteiger partial charge >= 0.3 is 0 Å². The van der Waals surface area contributed by atoms with Gasteiger partial charge < -0.3 is 36.2 Å². The quantitative estimate of drug-likeness (QED) is 0.287. The number of carbonyl (C=O) groups is 3. The van der Waals surface area contributed by atoms with E-state index in [4.69, 9.17) is 5.73 Å². The first-order valence-electron chi connectivity index (χ1n) is 13.3. The molecule has 1 aromatic rings. The summed E-state index contributed by atoms with van der Waals surface area (Å²) >= 11 is 0. The summed E-state index contributed by atoms with van der Waals surface area (Å²) in [7, 11) is 3.11. The highest BCUT2D eigenvalue weighted by molar-refractivity contribution is 6.24. The lowest BCUT2D eigenvalue weighted by molar-refractivity contribution is -0.153. The normalized spacial score (nSPS) is 30.2. The standard InChI is InChI=1S/C28H35N3O8/c1-30(2)22-16-11-13-10-15-14(18(33)12-31-8-4-3-5-9-31)6-7-17(32)20(15)23(34)19(13)25(36)28(16,39)26(37)21(24(22)35)27(29)38/h6-7,13,16,18,22,32-34,37,39H,3-5,8-12H2,1-2H3,(H2,29,38)/t13-,16-,18?,22-,28-/m0/s1. The molecule has 1 saturated carbocycles. The first-order chi connectivity index (χ1) is 18.4. The summed E-state index contributed by atoms with van der Waals surface area (Å²) in [5.74, 6) is -6.93. The van der Waals surface area contributed by atoms with Crippen molar-refractivity contribution in [1.82, 2.24) is 9.80 Å². The van der Waals surface area contributed by atoms with E-state index >= 15 is 0 Å². The summed E-state index contributed by atoms with van der Waals surface area (Å²) < 4.78 is 0. The van der Waals surface area contributed by atoms with Gasteiger partial charge in [-0.2, -0.15) is 0 Å². The molecule has 0 spiro atoms. The van der Waals surface area contributed by atoms with E-state index < -0.39 is 64.1 Å². The largest absolute Gasteiger partial charge is 0.508 e. The molecule has 7 N–H and O–H groups in total. The second-order valence-corrected chi connectivity index (χ2v) is 11.4. The van der Waals surface area contributed by atoms with Gasteiger partial charge in [0.15, 0.2) is 11.4 Å². The van der Waals surface area contributed by atoms with Crippen LogP contribution < -0.4 is 5.73 Å². The number of β-amino-alcohol motifs (C(OH)–C–C–N with tert-alkyl or cyclic N) is 1. The van der Waals surface area contributed by atoms with E-state index in [0.717, 1.165) is 32.4 Å². The summed E-state index contributed by atoms with van der Waals surface area (Å²) in [6.45, 7) is 2.12. The highest BCUT2D eigenvalue weighted by Crippen LogP contribution is 2.53. The number of phenols is 1. The van der Waals surface area contributed by atoms with Crippen LogP contribution in [0.1, 0.15) is 48.5 Å². The Bertz CT molecular complexity index is 1310. The predicted molar refractivity (Wildman–Crippen MR) is 139 cm³/mol. The zero-order valence-electron chi connectivity index (χ0n) is 22.1. The highest BCUT2D eigenvalue weighted by atomic mass is 16.3. The van der Waals surface area contributed by atoms with E-state index in [0.29, 0.717) is 17.7 Å². The van der Waals surface area contributed by atoms with Crippen molar-refractivity contribution in [2.75, 3.05) is 33.7 Å². The Morgan fingerprint density at radius 2 is 1.82 bits per heavy atom. The van der Waals surface area contributed by atoms with Gasteiger partial charge in [-0.05, 0) is 76.0 Å². The maximum absolute atomic E-state index is 13.9. The van der Waals surface area contributed by atoms with Crippen molar-refractivity contribution in [3.63, 3.8) is 0 Å². The van der Waals surface area contributed by atoms with Crippen molar-refractivity contribution >= 4 is 23.2 Å². The molecule has 1 saturated heterocycles. The molecule has 1 unspecified atom stereocenters. The fraction of sp³-hybridized carbons (Fsp3) is 0.536. The molecule has 11 nitrogen and oxygen atoms in total. The monoisotopic (exact) mass is 541 g/mol. The topological polar surface area (TPSA) is 185 Å². The van der Waals surface area contributed by atoms with Crippen LogP contribution >= 0.6 is 0 Å². The Morgan fingerprint density at radius 3 is 2.44 bits per heavy atom. The first-order valence-corrected chi connectivity index (χ1v) is 13.3. The number of nitrogens with two attached hydrogens (primary N) is 1. The summed E-state index contributed by atoms with van der Waals surface area (Å²) in [6, 6.07) is 1.82. The van der Waals surface area contributed by atoms with Crippen LogP contribution in [0.3, 0.4) is 0 Å². The van der Waals surface area contributed by atoms with Crippen molar-refractivity contribution in [1.29, 1.82) is 0 Å². The third-order valence-corrected chi connectivity index (χ3v) is 8.88. The number of rotatable bonds is 5. The van der Waals surface area contributed by atoms with Gasteiger partial charge in [0, 0.05) is 18.0 Å². The molecule has 2 fully saturated rings. The number of nitrogens with zero attached hydrogens (tertiary/aromatic N) is 2. The lowest BCUT2D eigenvalue weighted by atomic mass is 9.57. The number of ketones is 2. The van der Waals surface area contributed by atoms with Crippen molar-refractivity contribution in [2.45, 2.75) is 49.9 Å². The van der Waals surface area contributed by atoms with Crippen LogP contribution in [0.5, 0.6) is 5.75 Å². The summed E-state index contributed by atoms with van der Waals surface area (Å²) in [6.07, 6.45) is 2.49. The van der Waals surface area contributed by atoms with Gasteiger partial charge in [-0.1, -0.05) is 12.5 Å². The minimum absolute atomic E-state index is 0.00305. The average molecular weight is 542 g/mol. The molecule has 210 valence electrons. The molecule has 0 bridgehead atoms. The van der Waals surface area contributed by atoms with Gasteiger partial charge in [0.1, 0.15) is 22.8 Å². The van der Waals surface area contributed by atoms with Crippen molar-refractivity contribution in [3.05, 3.63) is 45.7 Å². The molecule has 1 heterocycles. The van der Waals surface area contributed by atoms with Crippen LogP contribution in [0.4, 0.5) is 0 Å². The van der Waals surface area contributed by atoms with Crippen LogP contribution in [0, 0.1) is 11.8 Å². The Labute approximate surface area is 225 Å². The molecule has 11 heteroatoms. The molecule has 1 aromatic carbocycles.